The molecule has 1 amide bonds. The van der Waals surface area contributed by atoms with Gasteiger partial charge in [-0.1, -0.05) is 12.2 Å². The molecular weight excluding hydrogens is 362 g/mol. The molecule has 0 aromatic carbocycles. The van der Waals surface area contributed by atoms with Gasteiger partial charge >= 0.3 is 0 Å². The lowest BCUT2D eigenvalue weighted by molar-refractivity contribution is -0.121. The van der Waals surface area contributed by atoms with E-state index in [1.807, 2.05) is 42.2 Å². The highest BCUT2D eigenvalue weighted by Gasteiger charge is 2.16. The molecule has 0 radical (unpaired) electrons. The van der Waals surface area contributed by atoms with E-state index >= 15 is 0 Å². The van der Waals surface area contributed by atoms with Crippen LogP contribution < -0.4 is 5.32 Å². The number of carbonyl (C=O) groups is 1. The van der Waals surface area contributed by atoms with Crippen molar-refractivity contribution in [2.45, 2.75) is 32.7 Å². The molecule has 29 heavy (non-hydrogen) atoms. The SMILES string of the molecule is Cc1ccc(-c2c(-c3ccncc3)cnn2CCNC(=O)C[C@H]2C=CCC2)cn1. The Hall–Kier alpha value is -3.28. The largest absolute Gasteiger partial charge is 0.354 e. The van der Waals surface area contributed by atoms with Gasteiger partial charge in [0.1, 0.15) is 0 Å². The number of hydrogen-bond donors (Lipinski definition) is 1. The van der Waals surface area contributed by atoms with Crippen LogP contribution in [0, 0.1) is 12.8 Å². The monoisotopic (exact) mass is 387 g/mol. The van der Waals surface area contributed by atoms with Crippen LogP contribution in [0.2, 0.25) is 0 Å². The number of amides is 1. The number of aryl methyl sites for hydroxylation is 1. The molecule has 0 fully saturated rings. The summed E-state index contributed by atoms with van der Waals surface area (Å²) in [6.07, 6.45) is 14.3. The number of pyridine rings is 2. The molecule has 0 bridgehead atoms. The molecule has 1 atom stereocenters. The Labute approximate surface area is 170 Å². The third-order valence-electron chi connectivity index (χ3n) is 5.22. The lowest BCUT2D eigenvalue weighted by Crippen LogP contribution is -2.28. The van der Waals surface area contributed by atoms with Gasteiger partial charge in [0.25, 0.3) is 0 Å². The van der Waals surface area contributed by atoms with Crippen molar-refractivity contribution in [3.63, 3.8) is 0 Å². The fourth-order valence-electron chi connectivity index (χ4n) is 3.69. The smallest absolute Gasteiger partial charge is 0.220 e. The van der Waals surface area contributed by atoms with E-state index in [1.165, 1.54) is 0 Å². The zero-order valence-electron chi connectivity index (χ0n) is 16.6. The number of allylic oxidation sites excluding steroid dienone is 2. The first kappa shape index (κ1) is 19.1. The van der Waals surface area contributed by atoms with E-state index in [9.17, 15) is 4.79 Å². The molecule has 3 heterocycles. The van der Waals surface area contributed by atoms with Crippen LogP contribution in [0.3, 0.4) is 0 Å². The fraction of sp³-hybridized carbons (Fsp3) is 0.304. The van der Waals surface area contributed by atoms with E-state index < -0.39 is 0 Å². The number of nitrogens with zero attached hydrogens (tertiary/aromatic N) is 4. The fourth-order valence-corrected chi connectivity index (χ4v) is 3.69. The average Bonchev–Trinajstić information content (AvgIpc) is 3.39. The van der Waals surface area contributed by atoms with Crippen molar-refractivity contribution < 1.29 is 4.79 Å². The molecule has 0 saturated heterocycles. The molecule has 6 heteroatoms. The summed E-state index contributed by atoms with van der Waals surface area (Å²) in [5.74, 6) is 0.480. The van der Waals surface area contributed by atoms with Crippen molar-refractivity contribution >= 4 is 5.91 Å². The average molecular weight is 387 g/mol. The summed E-state index contributed by atoms with van der Waals surface area (Å²) in [6, 6.07) is 8.01. The second-order valence-electron chi connectivity index (χ2n) is 7.37. The number of hydrogen-bond acceptors (Lipinski definition) is 4. The van der Waals surface area contributed by atoms with Crippen LogP contribution >= 0.6 is 0 Å². The molecule has 148 valence electrons. The van der Waals surface area contributed by atoms with E-state index in [1.54, 1.807) is 12.4 Å². The van der Waals surface area contributed by atoms with Crippen molar-refractivity contribution in [3.8, 4) is 22.4 Å². The first-order valence-corrected chi connectivity index (χ1v) is 10.0. The lowest BCUT2D eigenvalue weighted by atomic mass is 10.0. The van der Waals surface area contributed by atoms with Crippen molar-refractivity contribution in [1.29, 1.82) is 0 Å². The summed E-state index contributed by atoms with van der Waals surface area (Å²) in [4.78, 5) is 20.8. The molecule has 6 nitrogen and oxygen atoms in total. The van der Waals surface area contributed by atoms with Gasteiger partial charge in [-0.2, -0.15) is 5.10 Å². The third kappa shape index (κ3) is 4.59. The predicted molar refractivity (Wildman–Crippen MR) is 113 cm³/mol. The van der Waals surface area contributed by atoms with Gasteiger partial charge in [0.15, 0.2) is 0 Å². The Morgan fingerprint density at radius 2 is 2.03 bits per heavy atom. The molecule has 0 saturated carbocycles. The highest BCUT2D eigenvalue weighted by molar-refractivity contribution is 5.80. The van der Waals surface area contributed by atoms with Gasteiger partial charge < -0.3 is 5.32 Å². The number of carbonyl (C=O) groups excluding carboxylic acids is 1. The normalized spacial score (nSPS) is 15.6. The van der Waals surface area contributed by atoms with Gasteiger partial charge in [0.05, 0.1) is 18.4 Å². The van der Waals surface area contributed by atoms with Crippen molar-refractivity contribution in [1.82, 2.24) is 25.1 Å². The lowest BCUT2D eigenvalue weighted by Gasteiger charge is -2.12. The van der Waals surface area contributed by atoms with Crippen LogP contribution in [0.1, 0.15) is 25.0 Å². The molecule has 0 unspecified atom stereocenters. The number of rotatable bonds is 7. The Balaban J connectivity index is 1.52. The standard InChI is InChI=1S/C23H25N5O/c1-17-6-7-20(15-26-17)23-21(19-8-10-24-11-9-19)16-27-28(23)13-12-25-22(29)14-18-4-2-3-5-18/h2,4,6-11,15-16,18H,3,5,12-14H2,1H3,(H,25,29)/t18-/m0/s1. The Bertz CT molecular complexity index is 992. The van der Waals surface area contributed by atoms with Gasteiger partial charge in [-0.15, -0.1) is 0 Å². The van der Waals surface area contributed by atoms with Crippen LogP contribution in [0.5, 0.6) is 0 Å². The summed E-state index contributed by atoms with van der Waals surface area (Å²) in [7, 11) is 0. The molecule has 1 aliphatic carbocycles. The zero-order valence-corrected chi connectivity index (χ0v) is 16.6. The van der Waals surface area contributed by atoms with Gasteiger partial charge in [-0.25, -0.2) is 0 Å². The van der Waals surface area contributed by atoms with E-state index in [0.29, 0.717) is 25.4 Å². The number of nitrogens with one attached hydrogen (secondary N) is 1. The van der Waals surface area contributed by atoms with Gasteiger partial charge in [0, 0.05) is 48.4 Å². The maximum Gasteiger partial charge on any atom is 0.220 e. The molecule has 3 aromatic heterocycles. The van der Waals surface area contributed by atoms with Crippen LogP contribution in [0.25, 0.3) is 22.4 Å². The summed E-state index contributed by atoms with van der Waals surface area (Å²) in [5.41, 5.74) is 5.05. The molecular formula is C23H25N5O. The Morgan fingerprint density at radius 1 is 1.17 bits per heavy atom. The minimum atomic E-state index is 0.0987. The predicted octanol–water partition coefficient (Wildman–Crippen LogP) is 3.79. The van der Waals surface area contributed by atoms with E-state index in [2.05, 4.69) is 38.6 Å². The van der Waals surface area contributed by atoms with Gasteiger partial charge in [-0.05, 0) is 55.5 Å². The van der Waals surface area contributed by atoms with Crippen LogP contribution in [0.15, 0.2) is 61.2 Å². The molecule has 4 rings (SSSR count). The quantitative estimate of drug-likeness (QED) is 0.626. The van der Waals surface area contributed by atoms with Gasteiger partial charge in [0.2, 0.25) is 5.91 Å². The maximum absolute atomic E-state index is 12.2. The zero-order chi connectivity index (χ0) is 20.1. The summed E-state index contributed by atoms with van der Waals surface area (Å²) < 4.78 is 1.94. The van der Waals surface area contributed by atoms with Crippen molar-refractivity contribution in [3.05, 3.63) is 66.9 Å². The molecule has 0 spiro atoms. The van der Waals surface area contributed by atoms with E-state index in [-0.39, 0.29) is 5.91 Å². The van der Waals surface area contributed by atoms with Crippen LogP contribution in [-0.4, -0.2) is 32.2 Å². The minimum absolute atomic E-state index is 0.0987. The summed E-state index contributed by atoms with van der Waals surface area (Å²) >= 11 is 0. The van der Waals surface area contributed by atoms with Crippen molar-refractivity contribution in [2.75, 3.05) is 6.54 Å². The van der Waals surface area contributed by atoms with Crippen molar-refractivity contribution in [2.24, 2.45) is 5.92 Å². The van der Waals surface area contributed by atoms with E-state index in [0.717, 1.165) is 40.9 Å². The maximum atomic E-state index is 12.2. The molecule has 1 aliphatic rings. The molecule has 0 aliphatic heterocycles. The third-order valence-corrected chi connectivity index (χ3v) is 5.22. The summed E-state index contributed by atoms with van der Waals surface area (Å²) in [5, 5.41) is 7.63. The number of aromatic nitrogens is 4. The first-order valence-electron chi connectivity index (χ1n) is 10.0. The molecule has 1 N–H and O–H groups in total. The van der Waals surface area contributed by atoms with E-state index in [4.69, 9.17) is 0 Å². The second-order valence-corrected chi connectivity index (χ2v) is 7.37. The highest BCUT2D eigenvalue weighted by atomic mass is 16.1. The highest BCUT2D eigenvalue weighted by Crippen LogP contribution is 2.31. The van der Waals surface area contributed by atoms with Crippen LogP contribution in [-0.2, 0) is 11.3 Å². The topological polar surface area (TPSA) is 72.7 Å². The first-order chi connectivity index (χ1) is 14.2. The minimum Gasteiger partial charge on any atom is -0.354 e. The second kappa shape index (κ2) is 8.82. The Morgan fingerprint density at radius 3 is 2.76 bits per heavy atom. The van der Waals surface area contributed by atoms with Crippen LogP contribution in [0.4, 0.5) is 0 Å². The summed E-state index contributed by atoms with van der Waals surface area (Å²) in [6.45, 7) is 3.11. The Kier molecular flexibility index (Phi) is 5.79. The van der Waals surface area contributed by atoms with Gasteiger partial charge in [-0.3, -0.25) is 19.4 Å². The molecule has 3 aromatic rings.